The van der Waals surface area contributed by atoms with Crippen LogP contribution < -0.4 is 10.6 Å². The van der Waals surface area contributed by atoms with Crippen molar-refractivity contribution in [2.45, 2.75) is 32.8 Å². The van der Waals surface area contributed by atoms with Crippen LogP contribution in [0.2, 0.25) is 0 Å². The average Bonchev–Trinajstić information content (AvgIpc) is 3.65. The summed E-state index contributed by atoms with van der Waals surface area (Å²) in [6, 6.07) is 17.6. The van der Waals surface area contributed by atoms with Crippen LogP contribution in [0.5, 0.6) is 0 Å². The molecule has 40 heavy (non-hydrogen) atoms. The van der Waals surface area contributed by atoms with Crippen molar-refractivity contribution in [2.75, 3.05) is 11.9 Å². The second kappa shape index (κ2) is 11.4. The number of benzene rings is 1. The van der Waals surface area contributed by atoms with Crippen LogP contribution in [-0.2, 0) is 23.0 Å². The number of hydrogen-bond acceptors (Lipinski definition) is 6. The highest BCUT2D eigenvalue weighted by molar-refractivity contribution is 7.20. The maximum absolute atomic E-state index is 13.6. The highest BCUT2D eigenvalue weighted by Crippen LogP contribution is 2.44. The van der Waals surface area contributed by atoms with Gasteiger partial charge in [-0.15, -0.1) is 11.3 Å². The number of thiophene rings is 1. The summed E-state index contributed by atoms with van der Waals surface area (Å²) in [4.78, 5) is 31.5. The van der Waals surface area contributed by atoms with Crippen molar-refractivity contribution in [1.82, 2.24) is 14.9 Å². The van der Waals surface area contributed by atoms with Gasteiger partial charge in [-0.2, -0.15) is 0 Å². The Labute approximate surface area is 237 Å². The number of rotatable bonds is 8. The van der Waals surface area contributed by atoms with Gasteiger partial charge in [0.25, 0.3) is 0 Å². The summed E-state index contributed by atoms with van der Waals surface area (Å²) in [5, 5.41) is 7.61. The molecular formula is C31H32N4O4S. The molecule has 0 aliphatic carbocycles. The molecule has 5 aromatic rings. The quantitative estimate of drug-likeness (QED) is 0.217. The van der Waals surface area contributed by atoms with Crippen molar-refractivity contribution in [3.8, 4) is 21.6 Å². The number of furan rings is 1. The number of aryl methyl sites for hydroxylation is 1. The molecule has 206 valence electrons. The molecule has 1 unspecified atom stereocenters. The molecule has 8 nitrogen and oxygen atoms in total. The van der Waals surface area contributed by atoms with E-state index in [1.165, 1.54) is 11.3 Å². The molecule has 4 heterocycles. The van der Waals surface area contributed by atoms with Gasteiger partial charge < -0.3 is 24.4 Å². The summed E-state index contributed by atoms with van der Waals surface area (Å²) in [6.07, 6.45) is 7.08. The van der Waals surface area contributed by atoms with Crippen molar-refractivity contribution in [2.24, 2.45) is 13.0 Å². The molecule has 4 aromatic heterocycles. The summed E-state index contributed by atoms with van der Waals surface area (Å²) in [5.41, 5.74) is 4.17. The minimum absolute atomic E-state index is 0.136. The first-order valence-electron chi connectivity index (χ1n) is 13.1. The van der Waals surface area contributed by atoms with E-state index in [1.54, 1.807) is 39.5 Å². The smallest absolute Gasteiger partial charge is 0.407 e. The first kappa shape index (κ1) is 27.2. The zero-order chi connectivity index (χ0) is 28.3. The van der Waals surface area contributed by atoms with Crippen LogP contribution in [0.3, 0.4) is 0 Å². The van der Waals surface area contributed by atoms with Gasteiger partial charge in [-0.3, -0.25) is 4.79 Å². The number of anilines is 1. The maximum Gasteiger partial charge on any atom is 0.407 e. The topological polar surface area (TPSA) is 98.4 Å². The minimum atomic E-state index is -0.630. The van der Waals surface area contributed by atoms with E-state index in [0.29, 0.717) is 11.4 Å². The molecule has 2 N–H and O–H groups in total. The summed E-state index contributed by atoms with van der Waals surface area (Å²) < 4.78 is 12.8. The number of carbonyl (C=O) groups excluding carboxylic acids is 2. The zero-order valence-corrected chi connectivity index (χ0v) is 23.7. The SMILES string of the molecule is Cn1cc(-c2cc(NC(=O)C(CNC(=O)OC(C)(C)C)Cc3ccccc3)sc2-c2ccoc2)c2cccnc21. The summed E-state index contributed by atoms with van der Waals surface area (Å²) >= 11 is 1.48. The summed E-state index contributed by atoms with van der Waals surface area (Å²) in [7, 11) is 1.97. The van der Waals surface area contributed by atoms with E-state index in [0.717, 1.165) is 38.2 Å². The van der Waals surface area contributed by atoms with E-state index in [1.807, 2.05) is 66.2 Å². The van der Waals surface area contributed by atoms with E-state index in [9.17, 15) is 9.59 Å². The molecule has 0 aliphatic heterocycles. The van der Waals surface area contributed by atoms with Gasteiger partial charge in [-0.1, -0.05) is 30.3 Å². The Morgan fingerprint density at radius 2 is 1.90 bits per heavy atom. The fourth-order valence-electron chi connectivity index (χ4n) is 4.59. The Hall–Kier alpha value is -4.37. The van der Waals surface area contributed by atoms with Gasteiger partial charge in [0.15, 0.2) is 0 Å². The van der Waals surface area contributed by atoms with E-state index < -0.39 is 17.6 Å². The van der Waals surface area contributed by atoms with Crippen molar-refractivity contribution < 1.29 is 18.7 Å². The number of amides is 2. The molecule has 0 aliphatic rings. The first-order valence-corrected chi connectivity index (χ1v) is 13.9. The van der Waals surface area contributed by atoms with Gasteiger partial charge in [0.1, 0.15) is 11.2 Å². The molecule has 0 fully saturated rings. The molecular weight excluding hydrogens is 524 g/mol. The molecule has 1 atom stereocenters. The van der Waals surface area contributed by atoms with Crippen molar-refractivity contribution in [3.05, 3.63) is 85.1 Å². The number of hydrogen-bond donors (Lipinski definition) is 2. The molecule has 2 amide bonds. The van der Waals surface area contributed by atoms with Crippen molar-refractivity contribution in [3.63, 3.8) is 0 Å². The molecule has 9 heteroatoms. The lowest BCUT2D eigenvalue weighted by atomic mass is 9.98. The number of alkyl carbamates (subject to hydrolysis) is 1. The van der Waals surface area contributed by atoms with Crippen LogP contribution in [-0.4, -0.2) is 33.7 Å². The lowest BCUT2D eigenvalue weighted by Gasteiger charge is -2.22. The van der Waals surface area contributed by atoms with Crippen LogP contribution in [0.1, 0.15) is 26.3 Å². The van der Waals surface area contributed by atoms with E-state index >= 15 is 0 Å². The van der Waals surface area contributed by atoms with E-state index in [2.05, 4.69) is 21.8 Å². The minimum Gasteiger partial charge on any atom is -0.472 e. The van der Waals surface area contributed by atoms with Gasteiger partial charge in [-0.05, 0) is 57.0 Å². The van der Waals surface area contributed by atoms with E-state index in [4.69, 9.17) is 9.15 Å². The van der Waals surface area contributed by atoms with Gasteiger partial charge in [-0.25, -0.2) is 9.78 Å². The largest absolute Gasteiger partial charge is 0.472 e. The number of nitrogens with one attached hydrogen (secondary N) is 2. The molecule has 0 saturated heterocycles. The second-order valence-corrected chi connectivity index (χ2v) is 11.7. The lowest BCUT2D eigenvalue weighted by molar-refractivity contribution is -0.119. The average molecular weight is 557 g/mol. The fraction of sp³-hybridized carbons (Fsp3) is 0.258. The third-order valence-corrected chi connectivity index (χ3v) is 7.47. The number of pyridine rings is 1. The number of aromatic nitrogens is 2. The molecule has 5 rings (SSSR count). The highest BCUT2D eigenvalue weighted by Gasteiger charge is 2.25. The van der Waals surface area contributed by atoms with Crippen LogP contribution in [0.4, 0.5) is 9.80 Å². The van der Waals surface area contributed by atoms with Crippen LogP contribution in [0, 0.1) is 5.92 Å². The predicted molar refractivity (Wildman–Crippen MR) is 158 cm³/mol. The molecule has 0 radical (unpaired) electrons. The van der Waals surface area contributed by atoms with Gasteiger partial charge in [0, 0.05) is 52.9 Å². The number of carbonyl (C=O) groups is 2. The van der Waals surface area contributed by atoms with E-state index in [-0.39, 0.29) is 12.5 Å². The summed E-state index contributed by atoms with van der Waals surface area (Å²) in [6.45, 7) is 5.55. The Kier molecular flexibility index (Phi) is 7.75. The zero-order valence-electron chi connectivity index (χ0n) is 22.9. The third-order valence-electron chi connectivity index (χ3n) is 6.37. The Bertz CT molecular complexity index is 1610. The molecule has 1 aromatic carbocycles. The highest BCUT2D eigenvalue weighted by atomic mass is 32.1. The number of nitrogens with zero attached hydrogens (tertiary/aromatic N) is 2. The molecule has 0 spiro atoms. The van der Waals surface area contributed by atoms with Gasteiger partial charge in [0.05, 0.1) is 23.4 Å². The fourth-order valence-corrected chi connectivity index (χ4v) is 5.65. The Morgan fingerprint density at radius 1 is 1.10 bits per heavy atom. The number of ether oxygens (including phenoxy) is 1. The van der Waals surface area contributed by atoms with Crippen molar-refractivity contribution >= 4 is 39.4 Å². The number of fused-ring (bicyclic) bond motifs is 1. The predicted octanol–water partition coefficient (Wildman–Crippen LogP) is 6.88. The first-order chi connectivity index (χ1) is 19.2. The van der Waals surface area contributed by atoms with Gasteiger partial charge >= 0.3 is 6.09 Å². The van der Waals surface area contributed by atoms with Gasteiger partial charge in [0.2, 0.25) is 5.91 Å². The monoisotopic (exact) mass is 556 g/mol. The van der Waals surface area contributed by atoms with Crippen LogP contribution >= 0.6 is 11.3 Å². The molecule has 0 saturated carbocycles. The normalized spacial score (nSPS) is 12.3. The van der Waals surface area contributed by atoms with Crippen LogP contribution in [0.15, 0.2) is 83.9 Å². The Morgan fingerprint density at radius 3 is 2.62 bits per heavy atom. The second-order valence-electron chi connectivity index (χ2n) is 10.7. The lowest BCUT2D eigenvalue weighted by Crippen LogP contribution is -2.39. The van der Waals surface area contributed by atoms with Crippen molar-refractivity contribution in [1.29, 1.82) is 0 Å². The van der Waals surface area contributed by atoms with Crippen LogP contribution in [0.25, 0.3) is 32.6 Å². The maximum atomic E-state index is 13.6. The standard InChI is InChI=1S/C31H32N4O4S/c1-31(2,3)39-30(37)33-17-22(15-20-9-6-5-7-10-20)29(36)34-26-16-24(27(40-26)21-12-14-38-19-21)25-18-35(4)28-23(25)11-8-13-32-28/h5-14,16,18-19,22H,15,17H2,1-4H3,(H,33,37)(H,34,36). The summed E-state index contributed by atoms with van der Waals surface area (Å²) in [5.74, 6) is -0.703. The Balaban J connectivity index is 1.44. The third kappa shape index (κ3) is 6.26. The molecule has 0 bridgehead atoms.